The van der Waals surface area contributed by atoms with Crippen molar-refractivity contribution >= 4 is 65.5 Å². The van der Waals surface area contributed by atoms with E-state index in [1.165, 1.54) is 60.4 Å². The molecular weight excluding hydrogens is 621 g/mol. The molecule has 11 aromatic rings. The zero-order valence-electron chi connectivity index (χ0n) is 27.6. The fourth-order valence-corrected chi connectivity index (χ4v) is 8.35. The molecule has 7 aromatic carbocycles. The van der Waals surface area contributed by atoms with Crippen molar-refractivity contribution in [2.75, 3.05) is 0 Å². The van der Waals surface area contributed by atoms with Crippen LogP contribution in [0.15, 0.2) is 182 Å². The Balaban J connectivity index is 1.12. The maximum absolute atomic E-state index is 4.77. The van der Waals surface area contributed by atoms with Gasteiger partial charge in [0.05, 0.1) is 44.3 Å². The summed E-state index contributed by atoms with van der Waals surface area (Å²) in [4.78, 5) is 4.77. The van der Waals surface area contributed by atoms with Gasteiger partial charge in [-0.2, -0.15) is 0 Å². The number of para-hydroxylation sites is 5. The van der Waals surface area contributed by atoms with Gasteiger partial charge in [0.1, 0.15) is 0 Å². The monoisotopic (exact) mass is 650 g/mol. The quantitative estimate of drug-likeness (QED) is 0.186. The summed E-state index contributed by atoms with van der Waals surface area (Å²) in [5.41, 5.74) is 13.8. The molecule has 4 heterocycles. The van der Waals surface area contributed by atoms with Crippen molar-refractivity contribution in [3.63, 3.8) is 0 Å². The summed E-state index contributed by atoms with van der Waals surface area (Å²) in [6, 6.07) is 63.5. The number of hydrogen-bond donors (Lipinski definition) is 0. The highest BCUT2D eigenvalue weighted by molar-refractivity contribution is 6.12. The van der Waals surface area contributed by atoms with Gasteiger partial charge in [-0.3, -0.25) is 4.98 Å². The Morgan fingerprint density at radius 2 is 0.863 bits per heavy atom. The Morgan fingerprint density at radius 3 is 1.61 bits per heavy atom. The van der Waals surface area contributed by atoms with E-state index in [1.807, 2.05) is 12.3 Å². The highest BCUT2D eigenvalue weighted by atomic mass is 15.0. The first kappa shape index (κ1) is 28.0. The van der Waals surface area contributed by atoms with Crippen molar-refractivity contribution in [2.24, 2.45) is 0 Å². The van der Waals surface area contributed by atoms with Crippen LogP contribution >= 0.6 is 0 Å². The first-order valence-electron chi connectivity index (χ1n) is 17.4. The molecule has 51 heavy (non-hydrogen) atoms. The minimum absolute atomic E-state index is 1.02. The van der Waals surface area contributed by atoms with Crippen molar-refractivity contribution in [1.29, 1.82) is 0 Å². The number of fused-ring (bicyclic) bond motifs is 9. The molecular formula is C47H30N4. The predicted molar refractivity (Wildman–Crippen MR) is 213 cm³/mol. The van der Waals surface area contributed by atoms with Crippen molar-refractivity contribution in [3.8, 4) is 28.2 Å². The van der Waals surface area contributed by atoms with Crippen molar-refractivity contribution in [2.45, 2.75) is 0 Å². The lowest BCUT2D eigenvalue weighted by Crippen LogP contribution is -1.98. The standard InChI is InChI=1S/C47H30N4/c1-6-20-40(51-42-22-8-2-16-35(42)36-17-3-9-23-43(36)51)34(15-1)31-13-11-14-32(29-31)49-41-21-7-4-18-37(41)39-30-33(26-27-45(39)49)50-44-24-10-5-19-38(44)47-46(50)25-12-28-48-47/h1-30H. The fraction of sp³-hybridized carbons (Fsp3) is 0. The third-order valence-electron chi connectivity index (χ3n) is 10.5. The van der Waals surface area contributed by atoms with E-state index in [9.17, 15) is 0 Å². The SMILES string of the molecule is c1cc(-c2ccccc2-n2c3ccccc3c3ccccc32)cc(-n2c3ccccc3c3cc(-n4c5ccccc5c5ncccc54)ccc32)c1. The van der Waals surface area contributed by atoms with Gasteiger partial charge in [-0.1, -0.05) is 103 Å². The second-order valence-electron chi connectivity index (χ2n) is 13.2. The lowest BCUT2D eigenvalue weighted by atomic mass is 10.0. The smallest absolute Gasteiger partial charge is 0.0963 e. The molecule has 0 aliphatic heterocycles. The normalized spacial score (nSPS) is 11.9. The van der Waals surface area contributed by atoms with Crippen LogP contribution in [0.5, 0.6) is 0 Å². The second kappa shape index (κ2) is 10.8. The average Bonchev–Trinajstić information content (AvgIpc) is 3.84. The predicted octanol–water partition coefficient (Wildman–Crippen LogP) is 12.0. The van der Waals surface area contributed by atoms with E-state index in [2.05, 4.69) is 184 Å². The third kappa shape index (κ3) is 4.05. The van der Waals surface area contributed by atoms with Crippen LogP contribution < -0.4 is 0 Å². The summed E-state index contributed by atoms with van der Waals surface area (Å²) < 4.78 is 7.17. The van der Waals surface area contributed by atoms with Crippen LogP contribution in [0.3, 0.4) is 0 Å². The first-order valence-corrected chi connectivity index (χ1v) is 17.4. The van der Waals surface area contributed by atoms with Gasteiger partial charge in [0.25, 0.3) is 0 Å². The lowest BCUT2D eigenvalue weighted by molar-refractivity contribution is 1.16. The number of pyridine rings is 1. The molecule has 0 saturated heterocycles. The number of aromatic nitrogens is 4. The van der Waals surface area contributed by atoms with Crippen LogP contribution in [-0.2, 0) is 0 Å². The van der Waals surface area contributed by atoms with Crippen LogP contribution in [0, 0.1) is 0 Å². The van der Waals surface area contributed by atoms with E-state index in [-0.39, 0.29) is 0 Å². The van der Waals surface area contributed by atoms with E-state index in [0.717, 1.165) is 33.3 Å². The van der Waals surface area contributed by atoms with E-state index in [1.54, 1.807) is 0 Å². The Bertz CT molecular complexity index is 3050. The number of nitrogens with zero attached hydrogens (tertiary/aromatic N) is 4. The van der Waals surface area contributed by atoms with Gasteiger partial charge in [0, 0.05) is 50.1 Å². The highest BCUT2D eigenvalue weighted by Crippen LogP contribution is 2.39. The van der Waals surface area contributed by atoms with Gasteiger partial charge in [0.15, 0.2) is 0 Å². The van der Waals surface area contributed by atoms with Crippen LogP contribution in [-0.4, -0.2) is 18.7 Å². The van der Waals surface area contributed by atoms with Crippen LogP contribution in [0.4, 0.5) is 0 Å². The molecule has 11 rings (SSSR count). The summed E-state index contributed by atoms with van der Waals surface area (Å²) in [7, 11) is 0. The molecule has 238 valence electrons. The third-order valence-corrected chi connectivity index (χ3v) is 10.5. The molecule has 0 aliphatic rings. The molecule has 0 atom stereocenters. The summed E-state index contributed by atoms with van der Waals surface area (Å²) >= 11 is 0. The summed E-state index contributed by atoms with van der Waals surface area (Å²) in [5, 5.41) is 6.13. The van der Waals surface area contributed by atoms with Crippen molar-refractivity contribution < 1.29 is 0 Å². The molecule has 0 aliphatic carbocycles. The Hall–Kier alpha value is -6.91. The Labute approximate surface area is 293 Å². The second-order valence-corrected chi connectivity index (χ2v) is 13.2. The molecule has 0 N–H and O–H groups in total. The minimum Gasteiger partial charge on any atom is -0.309 e. The molecule has 0 spiro atoms. The lowest BCUT2D eigenvalue weighted by Gasteiger charge is -2.15. The molecule has 0 fully saturated rings. The van der Waals surface area contributed by atoms with Gasteiger partial charge < -0.3 is 13.7 Å². The van der Waals surface area contributed by atoms with Gasteiger partial charge in [-0.25, -0.2) is 0 Å². The highest BCUT2D eigenvalue weighted by Gasteiger charge is 2.18. The zero-order valence-corrected chi connectivity index (χ0v) is 27.6. The first-order chi connectivity index (χ1) is 25.3. The Kier molecular flexibility index (Phi) is 5.92. The van der Waals surface area contributed by atoms with Gasteiger partial charge in [-0.05, 0) is 78.4 Å². The van der Waals surface area contributed by atoms with Crippen molar-refractivity contribution in [3.05, 3.63) is 182 Å². The molecule has 4 nitrogen and oxygen atoms in total. The largest absolute Gasteiger partial charge is 0.309 e. The van der Waals surface area contributed by atoms with Crippen LogP contribution in [0.2, 0.25) is 0 Å². The number of rotatable bonds is 4. The average molecular weight is 651 g/mol. The summed E-state index contributed by atoms with van der Waals surface area (Å²) in [6.45, 7) is 0. The maximum atomic E-state index is 4.77. The van der Waals surface area contributed by atoms with E-state index in [4.69, 9.17) is 4.98 Å². The van der Waals surface area contributed by atoms with E-state index >= 15 is 0 Å². The van der Waals surface area contributed by atoms with Gasteiger partial charge >= 0.3 is 0 Å². The zero-order chi connectivity index (χ0) is 33.5. The molecule has 0 saturated carbocycles. The molecule has 0 amide bonds. The molecule has 4 heteroatoms. The maximum Gasteiger partial charge on any atom is 0.0963 e. The molecule has 4 aromatic heterocycles. The topological polar surface area (TPSA) is 27.7 Å². The molecule has 0 bridgehead atoms. The summed E-state index contributed by atoms with van der Waals surface area (Å²) in [6.07, 6.45) is 1.88. The molecule has 0 radical (unpaired) electrons. The van der Waals surface area contributed by atoms with Crippen molar-refractivity contribution in [1.82, 2.24) is 18.7 Å². The fourth-order valence-electron chi connectivity index (χ4n) is 8.35. The summed E-state index contributed by atoms with van der Waals surface area (Å²) in [5.74, 6) is 0. The molecule has 0 unspecified atom stereocenters. The minimum atomic E-state index is 1.02. The van der Waals surface area contributed by atoms with E-state index < -0.39 is 0 Å². The van der Waals surface area contributed by atoms with Crippen LogP contribution in [0.25, 0.3) is 93.7 Å². The Morgan fingerprint density at radius 1 is 0.333 bits per heavy atom. The van der Waals surface area contributed by atoms with Gasteiger partial charge in [-0.15, -0.1) is 0 Å². The number of hydrogen-bond acceptors (Lipinski definition) is 1. The van der Waals surface area contributed by atoms with Crippen LogP contribution in [0.1, 0.15) is 0 Å². The van der Waals surface area contributed by atoms with Gasteiger partial charge in [0.2, 0.25) is 0 Å². The van der Waals surface area contributed by atoms with E-state index in [0.29, 0.717) is 0 Å². The number of benzene rings is 7.